The second kappa shape index (κ2) is 20.9. The third-order valence-corrected chi connectivity index (χ3v) is 10.2. The molecule has 2 fully saturated rings. The van der Waals surface area contributed by atoms with Gasteiger partial charge in [0.25, 0.3) is 12.6 Å². The van der Waals surface area contributed by atoms with Gasteiger partial charge in [0.05, 0.1) is 32.0 Å². The average molecular weight is 669 g/mol. The molecule has 6 nitrogen and oxygen atoms in total. The number of hydrogen-bond donors (Lipinski definition) is 2. The van der Waals surface area contributed by atoms with E-state index in [2.05, 4.69) is 49.6 Å². The van der Waals surface area contributed by atoms with Crippen LogP contribution in [-0.4, -0.2) is 49.1 Å². The molecule has 2 N–H and O–H groups in total. The van der Waals surface area contributed by atoms with E-state index in [-0.39, 0.29) is 18.8 Å². The molecule has 264 valence electrons. The van der Waals surface area contributed by atoms with Crippen molar-refractivity contribution in [2.24, 2.45) is 23.7 Å². The number of aliphatic hydroxyl groups is 2. The Morgan fingerprint density at radius 3 is 2.10 bits per heavy atom. The largest absolute Gasteiger partial charge is 0.468 e. The maximum atomic E-state index is 12.3. The van der Waals surface area contributed by atoms with Gasteiger partial charge in [-0.05, 0) is 142 Å². The Morgan fingerprint density at radius 2 is 1.50 bits per heavy atom. The number of carbonyl (C=O) groups excluding carboxylic acids is 2. The summed E-state index contributed by atoms with van der Waals surface area (Å²) in [6.07, 6.45) is 11.5. The second-order valence-corrected chi connectivity index (χ2v) is 13.6. The fraction of sp³-hybridized carbons (Fsp3) is 0.550. The molecule has 0 aromatic heterocycles. The van der Waals surface area contributed by atoms with Crippen molar-refractivity contribution in [1.82, 2.24) is 0 Å². The normalized spacial score (nSPS) is 21.3. The van der Waals surface area contributed by atoms with Gasteiger partial charge in [0, 0.05) is 0 Å². The van der Waals surface area contributed by atoms with Crippen molar-refractivity contribution in [1.29, 1.82) is 0 Å². The summed E-state index contributed by atoms with van der Waals surface area (Å²) < 4.78 is 35.0. The maximum Gasteiger partial charge on any atom is 0.335 e. The number of allylic oxidation sites excluding steroid dienone is 1. The highest BCUT2D eigenvalue weighted by Crippen LogP contribution is 2.46. The van der Waals surface area contributed by atoms with Crippen molar-refractivity contribution in [3.8, 4) is 0 Å². The molecule has 2 aliphatic carbocycles. The zero-order valence-corrected chi connectivity index (χ0v) is 28.5. The zero-order chi connectivity index (χ0) is 34.9. The number of aliphatic hydroxyl groups excluding tert-OH is 2. The number of rotatable bonds is 16. The summed E-state index contributed by atoms with van der Waals surface area (Å²) in [5.41, 5.74) is 3.37. The molecule has 48 heavy (non-hydrogen) atoms. The molecule has 2 aromatic carbocycles. The quantitative estimate of drug-likeness (QED) is 0.0611. The van der Waals surface area contributed by atoms with Crippen LogP contribution in [0, 0.1) is 23.7 Å². The van der Waals surface area contributed by atoms with Gasteiger partial charge in [0.1, 0.15) is 0 Å². The van der Waals surface area contributed by atoms with Crippen LogP contribution in [0.25, 0.3) is 10.8 Å². The highest BCUT2D eigenvalue weighted by molar-refractivity contribution is 5.87. The molecule has 4 rings (SSSR count). The van der Waals surface area contributed by atoms with Crippen LogP contribution < -0.4 is 0 Å². The van der Waals surface area contributed by atoms with Gasteiger partial charge in [-0.2, -0.15) is 8.78 Å². The van der Waals surface area contributed by atoms with Crippen molar-refractivity contribution in [2.45, 2.75) is 89.9 Å². The molecule has 2 saturated carbocycles. The van der Waals surface area contributed by atoms with Crippen molar-refractivity contribution in [2.75, 3.05) is 26.4 Å². The summed E-state index contributed by atoms with van der Waals surface area (Å²) in [5, 5.41) is 19.5. The van der Waals surface area contributed by atoms with E-state index in [9.17, 15) is 18.4 Å². The topological polar surface area (TPSA) is 93.1 Å². The van der Waals surface area contributed by atoms with Gasteiger partial charge in [-0.3, -0.25) is 4.79 Å². The first kappa shape index (κ1) is 39.1. The summed E-state index contributed by atoms with van der Waals surface area (Å²) in [6.45, 7) is 9.58. The Kier molecular flexibility index (Phi) is 17.0. The molecular weight excluding hydrogens is 614 g/mol. The SMILES string of the molecule is C=C(C)CO.C=C(CO)C(=O)OCCC(CCOC=O)C1CCC(C2CCC(c3ccc4cc(CCC=C(F)F)ccc4c3)CC2)CC1. The Hall–Kier alpha value is -3.36. The fourth-order valence-corrected chi connectivity index (χ4v) is 7.44. The smallest absolute Gasteiger partial charge is 0.335 e. The predicted molar refractivity (Wildman–Crippen MR) is 187 cm³/mol. The molecule has 0 bridgehead atoms. The second-order valence-electron chi connectivity index (χ2n) is 13.6. The maximum absolute atomic E-state index is 12.3. The minimum Gasteiger partial charge on any atom is -0.468 e. The molecule has 2 aromatic rings. The molecule has 0 saturated heterocycles. The lowest BCUT2D eigenvalue weighted by Crippen LogP contribution is -2.29. The summed E-state index contributed by atoms with van der Waals surface area (Å²) in [6, 6.07) is 13.1. The molecule has 1 atom stereocenters. The Morgan fingerprint density at radius 1 is 0.896 bits per heavy atom. The van der Waals surface area contributed by atoms with Gasteiger partial charge in [-0.25, -0.2) is 4.79 Å². The zero-order valence-electron chi connectivity index (χ0n) is 28.5. The van der Waals surface area contributed by atoms with Crippen LogP contribution in [0.4, 0.5) is 8.78 Å². The minimum absolute atomic E-state index is 0.0609. The van der Waals surface area contributed by atoms with E-state index in [4.69, 9.17) is 19.7 Å². The van der Waals surface area contributed by atoms with E-state index in [0.717, 1.165) is 54.7 Å². The minimum atomic E-state index is -1.61. The number of aryl methyl sites for hydroxylation is 1. The van der Waals surface area contributed by atoms with Crippen LogP contribution in [0.1, 0.15) is 94.6 Å². The predicted octanol–water partition coefficient (Wildman–Crippen LogP) is 8.85. The summed E-state index contributed by atoms with van der Waals surface area (Å²) in [7, 11) is 0. The standard InChI is InChI=1S/C36H46F2O5.C4H8O/c1-25(23-39)36(41)43-20-18-31(17-19-42-24-40)29-9-7-27(8-10-29)28-11-13-30(14-12-28)33-16-15-32-21-26(3-2-4-35(37)38)5-6-34(32)22-33;1-4(2)3-5/h4-6,15-16,21-22,24,27-31,39H,1-3,7-14,17-20,23H2;5H,1,3H2,2H3. The molecule has 0 amide bonds. The summed E-state index contributed by atoms with van der Waals surface area (Å²) >= 11 is 0. The number of esters is 1. The molecule has 8 heteroatoms. The molecule has 0 heterocycles. The van der Waals surface area contributed by atoms with Crippen LogP contribution in [0.3, 0.4) is 0 Å². The highest BCUT2D eigenvalue weighted by atomic mass is 19.3. The van der Waals surface area contributed by atoms with E-state index < -0.39 is 18.7 Å². The van der Waals surface area contributed by atoms with Crippen LogP contribution in [-0.2, 0) is 25.5 Å². The van der Waals surface area contributed by atoms with Gasteiger partial charge in [0.2, 0.25) is 0 Å². The van der Waals surface area contributed by atoms with Crippen molar-refractivity contribution in [3.63, 3.8) is 0 Å². The van der Waals surface area contributed by atoms with Crippen LogP contribution in [0.15, 0.2) is 72.9 Å². The monoisotopic (exact) mass is 668 g/mol. The number of halogens is 2. The van der Waals surface area contributed by atoms with E-state index in [1.165, 1.54) is 54.9 Å². The summed E-state index contributed by atoms with van der Waals surface area (Å²) in [4.78, 5) is 22.5. The van der Waals surface area contributed by atoms with Crippen molar-refractivity contribution < 1.29 is 38.1 Å². The molecule has 0 aliphatic heterocycles. The molecule has 0 spiro atoms. The van der Waals surface area contributed by atoms with E-state index in [0.29, 0.717) is 43.7 Å². The molecule has 2 aliphatic rings. The summed E-state index contributed by atoms with van der Waals surface area (Å²) in [5.74, 6) is 2.41. The van der Waals surface area contributed by atoms with Crippen LogP contribution in [0.2, 0.25) is 0 Å². The lowest BCUT2D eigenvalue weighted by molar-refractivity contribution is -0.140. The number of ether oxygens (including phenoxy) is 2. The van der Waals surface area contributed by atoms with E-state index in [1.807, 2.05) is 0 Å². The average Bonchev–Trinajstić information content (AvgIpc) is 3.10. The van der Waals surface area contributed by atoms with E-state index >= 15 is 0 Å². The van der Waals surface area contributed by atoms with Gasteiger partial charge >= 0.3 is 5.97 Å². The first-order chi connectivity index (χ1) is 23.1. The Labute approximate surface area is 284 Å². The van der Waals surface area contributed by atoms with Gasteiger partial charge < -0.3 is 19.7 Å². The number of benzene rings is 2. The number of fused-ring (bicyclic) bond motifs is 1. The first-order valence-corrected chi connectivity index (χ1v) is 17.4. The lowest BCUT2D eigenvalue weighted by atomic mass is 9.66. The Bertz CT molecular complexity index is 1350. The highest BCUT2D eigenvalue weighted by Gasteiger charge is 2.33. The fourth-order valence-electron chi connectivity index (χ4n) is 7.44. The number of hydrogen-bond acceptors (Lipinski definition) is 6. The Balaban J connectivity index is 0.00000116. The van der Waals surface area contributed by atoms with Crippen LogP contribution in [0.5, 0.6) is 0 Å². The first-order valence-electron chi connectivity index (χ1n) is 17.4. The lowest BCUT2D eigenvalue weighted by Gasteiger charge is -2.40. The van der Waals surface area contributed by atoms with Crippen LogP contribution >= 0.6 is 0 Å². The third kappa shape index (κ3) is 12.9. The van der Waals surface area contributed by atoms with Gasteiger partial charge in [0.15, 0.2) is 0 Å². The van der Waals surface area contributed by atoms with Crippen molar-refractivity contribution >= 4 is 23.2 Å². The van der Waals surface area contributed by atoms with E-state index in [1.54, 1.807) is 6.92 Å². The van der Waals surface area contributed by atoms with Gasteiger partial charge in [-0.1, -0.05) is 55.1 Å². The molecule has 0 radical (unpaired) electrons. The number of carbonyl (C=O) groups is 2. The molecule has 1 unspecified atom stereocenters. The molecular formula is C40H54F2O6. The van der Waals surface area contributed by atoms with Gasteiger partial charge in [-0.15, -0.1) is 0 Å². The third-order valence-electron chi connectivity index (χ3n) is 10.2. The van der Waals surface area contributed by atoms with Crippen molar-refractivity contribution in [3.05, 3.63) is 84.0 Å².